The summed E-state index contributed by atoms with van der Waals surface area (Å²) in [5.41, 5.74) is 0.925. The Kier molecular flexibility index (Phi) is 4.54. The first-order valence-electron chi connectivity index (χ1n) is 6.95. The average molecular weight is 296 g/mol. The van der Waals surface area contributed by atoms with E-state index in [1.807, 2.05) is 30.3 Å². The van der Waals surface area contributed by atoms with Gasteiger partial charge in [-0.15, -0.1) is 0 Å². The van der Waals surface area contributed by atoms with E-state index in [1.165, 1.54) is 7.11 Å². The zero-order valence-corrected chi connectivity index (χ0v) is 12.0. The Bertz CT molecular complexity index is 453. The van der Waals surface area contributed by atoms with Gasteiger partial charge in [0.05, 0.1) is 6.61 Å². The van der Waals surface area contributed by atoms with Gasteiger partial charge in [-0.25, -0.2) is 0 Å². The molecule has 2 aliphatic heterocycles. The number of benzene rings is 1. The van der Waals surface area contributed by atoms with Crippen LogP contribution < -0.4 is 0 Å². The predicted octanol–water partition coefficient (Wildman–Crippen LogP) is 0.848. The lowest BCUT2D eigenvalue weighted by Gasteiger charge is -2.47. The highest BCUT2D eigenvalue weighted by Crippen LogP contribution is 2.35. The number of fused-ring (bicyclic) bond motifs is 1. The third-order valence-corrected chi connectivity index (χ3v) is 3.88. The molecule has 1 unspecified atom stereocenters. The summed E-state index contributed by atoms with van der Waals surface area (Å²) in [6.07, 6.45) is -3.39. The number of rotatable bonds is 3. The van der Waals surface area contributed by atoms with E-state index >= 15 is 0 Å². The number of methoxy groups -OCH3 is 2. The van der Waals surface area contributed by atoms with Crippen molar-refractivity contribution in [2.75, 3.05) is 20.8 Å². The zero-order valence-electron chi connectivity index (χ0n) is 12.0. The molecule has 0 bridgehead atoms. The van der Waals surface area contributed by atoms with Crippen LogP contribution in [-0.4, -0.2) is 56.6 Å². The Morgan fingerprint density at radius 3 is 2.52 bits per heavy atom. The number of ether oxygens (including phenoxy) is 5. The fourth-order valence-electron chi connectivity index (χ4n) is 2.81. The topological polar surface area (TPSA) is 66.4 Å². The summed E-state index contributed by atoms with van der Waals surface area (Å²) < 4.78 is 27.9. The van der Waals surface area contributed by atoms with Crippen molar-refractivity contribution in [1.82, 2.24) is 0 Å². The molecule has 0 saturated carbocycles. The smallest absolute Gasteiger partial charge is 0.186 e. The maximum absolute atomic E-state index is 10.2. The molecule has 3 rings (SSSR count). The maximum Gasteiger partial charge on any atom is 0.186 e. The van der Waals surface area contributed by atoms with Crippen molar-refractivity contribution >= 4 is 0 Å². The van der Waals surface area contributed by atoms with Crippen LogP contribution in [0.5, 0.6) is 0 Å². The van der Waals surface area contributed by atoms with Gasteiger partial charge in [0.15, 0.2) is 12.6 Å². The Labute approximate surface area is 123 Å². The van der Waals surface area contributed by atoms with Gasteiger partial charge in [-0.05, 0) is 0 Å². The summed E-state index contributed by atoms with van der Waals surface area (Å²) in [6, 6.07) is 9.66. The van der Waals surface area contributed by atoms with Crippen molar-refractivity contribution < 1.29 is 28.8 Å². The molecule has 2 saturated heterocycles. The van der Waals surface area contributed by atoms with Crippen molar-refractivity contribution in [1.29, 1.82) is 0 Å². The average Bonchev–Trinajstić information content (AvgIpc) is 2.54. The normalized spacial score (nSPS) is 39.8. The molecule has 2 heterocycles. The first-order valence-corrected chi connectivity index (χ1v) is 6.95. The minimum absolute atomic E-state index is 0.330. The molecule has 0 amide bonds. The molecule has 0 spiro atoms. The van der Waals surface area contributed by atoms with Crippen LogP contribution in [0.1, 0.15) is 11.9 Å². The molecule has 0 radical (unpaired) electrons. The Hall–Kier alpha value is -1.02. The standard InChI is InChI=1S/C15H20O6/c1-17-13-11(16)15(18-2)20-10-8-19-14(21-12(10)13)9-6-4-3-5-7-9/h3-7,10-16H,8H2,1-2H3/t10-,11+,12-,13-,14?,15+/m1/s1. The Morgan fingerprint density at radius 1 is 1.10 bits per heavy atom. The lowest BCUT2D eigenvalue weighted by atomic mass is 9.97. The number of hydrogen-bond acceptors (Lipinski definition) is 6. The van der Waals surface area contributed by atoms with Crippen molar-refractivity contribution in [2.24, 2.45) is 0 Å². The van der Waals surface area contributed by atoms with E-state index in [9.17, 15) is 5.11 Å². The van der Waals surface area contributed by atoms with Crippen LogP contribution >= 0.6 is 0 Å². The molecular weight excluding hydrogens is 276 g/mol. The van der Waals surface area contributed by atoms with Crippen LogP contribution in [0.4, 0.5) is 0 Å². The van der Waals surface area contributed by atoms with E-state index < -0.39 is 30.9 Å². The molecule has 6 heteroatoms. The van der Waals surface area contributed by atoms with Gasteiger partial charge in [0.2, 0.25) is 0 Å². The van der Waals surface area contributed by atoms with E-state index in [4.69, 9.17) is 23.7 Å². The van der Waals surface area contributed by atoms with Gasteiger partial charge >= 0.3 is 0 Å². The van der Waals surface area contributed by atoms with Crippen LogP contribution in [0.2, 0.25) is 0 Å². The van der Waals surface area contributed by atoms with E-state index in [0.717, 1.165) is 5.56 Å². The number of aliphatic hydroxyl groups excluding tert-OH is 1. The van der Waals surface area contributed by atoms with Crippen molar-refractivity contribution in [3.8, 4) is 0 Å². The van der Waals surface area contributed by atoms with E-state index in [1.54, 1.807) is 7.11 Å². The number of aliphatic hydroxyl groups is 1. The first-order chi connectivity index (χ1) is 10.2. The second kappa shape index (κ2) is 6.39. The van der Waals surface area contributed by atoms with Gasteiger partial charge in [-0.3, -0.25) is 0 Å². The molecule has 6 atom stereocenters. The SMILES string of the molecule is CO[C@H]1O[C@@H]2COC(c3ccccc3)O[C@H]2[C@H](OC)[C@@H]1O. The molecule has 1 N–H and O–H groups in total. The van der Waals surface area contributed by atoms with E-state index in [0.29, 0.717) is 6.61 Å². The van der Waals surface area contributed by atoms with E-state index in [2.05, 4.69) is 0 Å². The zero-order chi connectivity index (χ0) is 14.8. The number of hydrogen-bond donors (Lipinski definition) is 1. The second-order valence-corrected chi connectivity index (χ2v) is 5.15. The highest BCUT2D eigenvalue weighted by molar-refractivity contribution is 5.16. The van der Waals surface area contributed by atoms with Gasteiger partial charge in [0.25, 0.3) is 0 Å². The second-order valence-electron chi connectivity index (χ2n) is 5.15. The van der Waals surface area contributed by atoms with Crippen molar-refractivity contribution in [3.63, 3.8) is 0 Å². The molecule has 0 aliphatic carbocycles. The summed E-state index contributed by atoms with van der Waals surface area (Å²) >= 11 is 0. The minimum Gasteiger partial charge on any atom is -0.385 e. The molecule has 1 aromatic rings. The summed E-state index contributed by atoms with van der Waals surface area (Å²) in [4.78, 5) is 0. The highest BCUT2D eigenvalue weighted by Gasteiger charge is 2.49. The molecule has 2 fully saturated rings. The van der Waals surface area contributed by atoms with Crippen LogP contribution in [0.3, 0.4) is 0 Å². The van der Waals surface area contributed by atoms with E-state index in [-0.39, 0.29) is 6.10 Å². The van der Waals surface area contributed by atoms with Crippen molar-refractivity contribution in [3.05, 3.63) is 35.9 Å². The van der Waals surface area contributed by atoms with Crippen LogP contribution in [0, 0.1) is 0 Å². The summed E-state index contributed by atoms with van der Waals surface area (Å²) in [5, 5.41) is 10.2. The molecular formula is C15H20O6. The highest BCUT2D eigenvalue weighted by atomic mass is 16.8. The lowest BCUT2D eigenvalue weighted by molar-refractivity contribution is -0.360. The Morgan fingerprint density at radius 2 is 1.86 bits per heavy atom. The summed E-state index contributed by atoms with van der Waals surface area (Å²) in [7, 11) is 3.03. The molecule has 6 nitrogen and oxygen atoms in total. The third-order valence-electron chi connectivity index (χ3n) is 3.88. The molecule has 1 aromatic carbocycles. The van der Waals surface area contributed by atoms with Gasteiger partial charge < -0.3 is 28.8 Å². The van der Waals surface area contributed by atoms with Crippen molar-refractivity contribution in [2.45, 2.75) is 37.0 Å². The fraction of sp³-hybridized carbons (Fsp3) is 0.600. The minimum atomic E-state index is -0.907. The maximum atomic E-state index is 10.2. The monoisotopic (exact) mass is 296 g/mol. The largest absolute Gasteiger partial charge is 0.385 e. The summed E-state index contributed by atoms with van der Waals surface area (Å²) in [5.74, 6) is 0. The molecule has 2 aliphatic rings. The third kappa shape index (κ3) is 2.83. The van der Waals surface area contributed by atoms with Gasteiger partial charge in [0.1, 0.15) is 24.4 Å². The fourth-order valence-corrected chi connectivity index (χ4v) is 2.81. The lowest BCUT2D eigenvalue weighted by Crippen LogP contribution is -2.62. The van der Waals surface area contributed by atoms with Crippen LogP contribution in [0.15, 0.2) is 30.3 Å². The quantitative estimate of drug-likeness (QED) is 0.892. The predicted molar refractivity (Wildman–Crippen MR) is 72.5 cm³/mol. The molecule has 0 aromatic heterocycles. The first kappa shape index (κ1) is 14.9. The Balaban J connectivity index is 1.77. The molecule has 21 heavy (non-hydrogen) atoms. The van der Waals surface area contributed by atoms with Crippen LogP contribution in [0.25, 0.3) is 0 Å². The van der Waals surface area contributed by atoms with Gasteiger partial charge in [-0.1, -0.05) is 30.3 Å². The summed E-state index contributed by atoms with van der Waals surface area (Å²) in [6.45, 7) is 0.358. The van der Waals surface area contributed by atoms with Gasteiger partial charge in [-0.2, -0.15) is 0 Å². The molecule has 116 valence electrons. The van der Waals surface area contributed by atoms with Gasteiger partial charge in [0, 0.05) is 19.8 Å². The van der Waals surface area contributed by atoms with Crippen LogP contribution in [-0.2, 0) is 23.7 Å².